The first-order valence-corrected chi connectivity index (χ1v) is 7.29. The van der Waals surface area contributed by atoms with Crippen LogP contribution in [0.2, 0.25) is 10.0 Å². The zero-order chi connectivity index (χ0) is 14.5. The number of ether oxygens (including phenoxy) is 1. The fourth-order valence-corrected chi connectivity index (χ4v) is 2.45. The Morgan fingerprint density at radius 3 is 2.50 bits per heavy atom. The van der Waals surface area contributed by atoms with E-state index in [2.05, 4.69) is 12.2 Å². The minimum atomic E-state index is 0.603. The molecule has 0 bridgehead atoms. The smallest absolute Gasteiger partial charge is 0.146 e. The van der Waals surface area contributed by atoms with Gasteiger partial charge >= 0.3 is 0 Å². The quantitative estimate of drug-likeness (QED) is 0.832. The molecule has 106 valence electrons. The number of halogens is 2. The van der Waals surface area contributed by atoms with Gasteiger partial charge in [-0.05, 0) is 54.9 Å². The fraction of sp³-hybridized carbons (Fsp3) is 0.250. The third-order valence-electron chi connectivity index (χ3n) is 3.00. The first-order valence-electron chi connectivity index (χ1n) is 6.53. The van der Waals surface area contributed by atoms with Crippen LogP contribution in [-0.2, 0) is 13.0 Å². The Bertz CT molecular complexity index is 599. The van der Waals surface area contributed by atoms with Crippen molar-refractivity contribution in [2.24, 2.45) is 0 Å². The van der Waals surface area contributed by atoms with Crippen LogP contribution in [0.1, 0.15) is 18.1 Å². The van der Waals surface area contributed by atoms with Crippen LogP contribution in [0, 0.1) is 0 Å². The summed E-state index contributed by atoms with van der Waals surface area (Å²) in [6.07, 6.45) is 0.866. The normalized spacial score (nSPS) is 10.6. The van der Waals surface area contributed by atoms with Crippen molar-refractivity contribution in [1.82, 2.24) is 5.32 Å². The number of hydrogen-bond donors (Lipinski definition) is 1. The SMILES string of the molecule is CCc1cc(Oc2ccc(CNC)cc2Cl)ccc1Cl. The van der Waals surface area contributed by atoms with Gasteiger partial charge in [0.2, 0.25) is 0 Å². The van der Waals surface area contributed by atoms with Crippen LogP contribution in [-0.4, -0.2) is 7.05 Å². The van der Waals surface area contributed by atoms with Gasteiger partial charge in [-0.25, -0.2) is 0 Å². The van der Waals surface area contributed by atoms with Crippen molar-refractivity contribution in [1.29, 1.82) is 0 Å². The molecule has 0 unspecified atom stereocenters. The largest absolute Gasteiger partial charge is 0.456 e. The fourth-order valence-electron chi connectivity index (χ4n) is 1.95. The van der Waals surface area contributed by atoms with Crippen LogP contribution in [0.3, 0.4) is 0 Å². The Hall–Kier alpha value is -1.22. The Balaban J connectivity index is 2.21. The second kappa shape index (κ2) is 6.98. The van der Waals surface area contributed by atoms with E-state index in [0.29, 0.717) is 10.8 Å². The van der Waals surface area contributed by atoms with E-state index in [1.165, 1.54) is 0 Å². The first kappa shape index (κ1) is 15.2. The Morgan fingerprint density at radius 2 is 1.85 bits per heavy atom. The predicted octanol–water partition coefficient (Wildman–Crippen LogP) is 5.07. The Labute approximate surface area is 129 Å². The van der Waals surface area contributed by atoms with Crippen molar-refractivity contribution in [3.05, 3.63) is 57.6 Å². The van der Waals surface area contributed by atoms with Crippen molar-refractivity contribution in [2.75, 3.05) is 7.05 Å². The molecule has 2 aromatic rings. The summed E-state index contributed by atoms with van der Waals surface area (Å²) in [6.45, 7) is 2.84. The van der Waals surface area contributed by atoms with E-state index >= 15 is 0 Å². The molecular weight excluding hydrogens is 293 g/mol. The second-order valence-electron chi connectivity index (χ2n) is 4.50. The highest BCUT2D eigenvalue weighted by Gasteiger charge is 2.06. The zero-order valence-electron chi connectivity index (χ0n) is 11.5. The number of benzene rings is 2. The number of aryl methyl sites for hydroxylation is 1. The molecular formula is C16H17Cl2NO. The molecule has 2 aromatic carbocycles. The summed E-state index contributed by atoms with van der Waals surface area (Å²) in [6, 6.07) is 11.4. The van der Waals surface area contributed by atoms with Crippen molar-refractivity contribution < 1.29 is 4.74 Å². The van der Waals surface area contributed by atoms with E-state index in [0.717, 1.165) is 34.9 Å². The van der Waals surface area contributed by atoms with Crippen LogP contribution >= 0.6 is 23.2 Å². The van der Waals surface area contributed by atoms with Gasteiger partial charge in [0, 0.05) is 11.6 Å². The second-order valence-corrected chi connectivity index (χ2v) is 5.32. The van der Waals surface area contributed by atoms with Crippen LogP contribution in [0.25, 0.3) is 0 Å². The number of rotatable bonds is 5. The molecule has 0 fully saturated rings. The van der Waals surface area contributed by atoms with Gasteiger partial charge in [0.25, 0.3) is 0 Å². The summed E-state index contributed by atoms with van der Waals surface area (Å²) in [7, 11) is 1.90. The molecule has 0 heterocycles. The molecule has 0 saturated heterocycles. The summed E-state index contributed by atoms with van der Waals surface area (Å²) in [5.41, 5.74) is 2.18. The van der Waals surface area contributed by atoms with E-state index in [1.54, 1.807) is 0 Å². The van der Waals surface area contributed by atoms with Crippen molar-refractivity contribution >= 4 is 23.2 Å². The molecule has 0 aromatic heterocycles. The maximum atomic E-state index is 6.24. The van der Waals surface area contributed by atoms with E-state index in [1.807, 2.05) is 43.4 Å². The molecule has 2 nitrogen and oxygen atoms in total. The highest BCUT2D eigenvalue weighted by molar-refractivity contribution is 6.32. The van der Waals surface area contributed by atoms with Gasteiger partial charge < -0.3 is 10.1 Å². The monoisotopic (exact) mass is 309 g/mol. The lowest BCUT2D eigenvalue weighted by molar-refractivity contribution is 0.482. The molecule has 2 rings (SSSR count). The van der Waals surface area contributed by atoms with Crippen LogP contribution in [0.4, 0.5) is 0 Å². The number of hydrogen-bond acceptors (Lipinski definition) is 2. The van der Waals surface area contributed by atoms with Crippen molar-refractivity contribution in [3.63, 3.8) is 0 Å². The van der Waals surface area contributed by atoms with E-state index in [9.17, 15) is 0 Å². The minimum Gasteiger partial charge on any atom is -0.456 e. The topological polar surface area (TPSA) is 21.3 Å². The van der Waals surface area contributed by atoms with Gasteiger partial charge in [-0.2, -0.15) is 0 Å². The van der Waals surface area contributed by atoms with Crippen LogP contribution in [0.5, 0.6) is 11.5 Å². The molecule has 0 atom stereocenters. The molecule has 1 N–H and O–H groups in total. The molecule has 0 amide bonds. The van der Waals surface area contributed by atoms with Crippen LogP contribution < -0.4 is 10.1 Å². The summed E-state index contributed by atoms with van der Waals surface area (Å²) in [5.74, 6) is 1.39. The summed E-state index contributed by atoms with van der Waals surface area (Å²) in [4.78, 5) is 0. The van der Waals surface area contributed by atoms with Gasteiger partial charge in [0.05, 0.1) is 5.02 Å². The molecule has 0 radical (unpaired) electrons. The van der Waals surface area contributed by atoms with Crippen molar-refractivity contribution in [2.45, 2.75) is 19.9 Å². The molecule has 0 aliphatic heterocycles. The van der Waals surface area contributed by atoms with Gasteiger partial charge in [0.15, 0.2) is 0 Å². The summed E-state index contributed by atoms with van der Waals surface area (Å²) >= 11 is 12.3. The van der Waals surface area contributed by atoms with Crippen LogP contribution in [0.15, 0.2) is 36.4 Å². The Morgan fingerprint density at radius 1 is 1.05 bits per heavy atom. The molecule has 20 heavy (non-hydrogen) atoms. The first-order chi connectivity index (χ1) is 9.63. The molecule has 4 heteroatoms. The lowest BCUT2D eigenvalue weighted by atomic mass is 10.1. The Kier molecular flexibility index (Phi) is 5.30. The van der Waals surface area contributed by atoms with E-state index in [4.69, 9.17) is 27.9 Å². The standard InChI is InChI=1S/C16H17Cl2NO/c1-3-12-9-13(5-6-14(12)17)20-16-7-4-11(10-19-2)8-15(16)18/h4-9,19H,3,10H2,1-2H3. The highest BCUT2D eigenvalue weighted by Crippen LogP contribution is 2.32. The predicted molar refractivity (Wildman–Crippen MR) is 85.1 cm³/mol. The average Bonchev–Trinajstić information content (AvgIpc) is 2.44. The van der Waals surface area contributed by atoms with Gasteiger partial charge in [-0.15, -0.1) is 0 Å². The zero-order valence-corrected chi connectivity index (χ0v) is 13.1. The van der Waals surface area contributed by atoms with E-state index in [-0.39, 0.29) is 0 Å². The van der Waals surface area contributed by atoms with Crippen molar-refractivity contribution in [3.8, 4) is 11.5 Å². The molecule has 0 saturated carbocycles. The van der Waals surface area contributed by atoms with Gasteiger partial charge in [-0.3, -0.25) is 0 Å². The number of nitrogens with one attached hydrogen (secondary N) is 1. The minimum absolute atomic E-state index is 0.603. The summed E-state index contributed by atoms with van der Waals surface area (Å²) in [5, 5.41) is 4.45. The van der Waals surface area contributed by atoms with Gasteiger partial charge in [-0.1, -0.05) is 36.2 Å². The third-order valence-corrected chi connectivity index (χ3v) is 3.67. The highest BCUT2D eigenvalue weighted by atomic mass is 35.5. The van der Waals surface area contributed by atoms with Gasteiger partial charge in [0.1, 0.15) is 11.5 Å². The summed E-state index contributed by atoms with van der Waals surface area (Å²) < 4.78 is 5.83. The maximum absolute atomic E-state index is 6.24. The lowest BCUT2D eigenvalue weighted by Gasteiger charge is -2.11. The third kappa shape index (κ3) is 3.66. The average molecular weight is 310 g/mol. The van der Waals surface area contributed by atoms with E-state index < -0.39 is 0 Å². The maximum Gasteiger partial charge on any atom is 0.146 e. The lowest BCUT2D eigenvalue weighted by Crippen LogP contribution is -2.04. The molecule has 0 aliphatic rings. The molecule has 0 spiro atoms. The molecule has 0 aliphatic carbocycles.